The van der Waals surface area contributed by atoms with E-state index in [9.17, 15) is 19.0 Å². The molecule has 2 unspecified atom stereocenters. The molecule has 75 heavy (non-hydrogen) atoms. The predicted octanol–water partition coefficient (Wildman–Crippen LogP) is 20.7. The highest BCUT2D eigenvalue weighted by molar-refractivity contribution is 7.47. The summed E-state index contributed by atoms with van der Waals surface area (Å²) in [5.41, 5.74) is 5.39. The molecular formula is C65H124NO8P. The Labute approximate surface area is 464 Å². The van der Waals surface area contributed by atoms with Crippen molar-refractivity contribution in [2.24, 2.45) is 5.73 Å². The first-order valence-corrected chi connectivity index (χ1v) is 34.0. The Morgan fingerprint density at radius 2 is 0.693 bits per heavy atom. The first kappa shape index (κ1) is 73.2. The number of hydrogen-bond donors (Lipinski definition) is 2. The highest BCUT2D eigenvalue weighted by atomic mass is 31.2. The van der Waals surface area contributed by atoms with E-state index in [-0.39, 0.29) is 38.6 Å². The number of carbonyl (C=O) groups excluding carboxylic acids is 2. The number of phosphoric ester groups is 1. The third-order valence-electron chi connectivity index (χ3n) is 14.5. The Morgan fingerprint density at radius 1 is 0.400 bits per heavy atom. The van der Waals surface area contributed by atoms with Gasteiger partial charge < -0.3 is 20.1 Å². The lowest BCUT2D eigenvalue weighted by atomic mass is 10.0. The molecule has 2 atom stereocenters. The quantitative estimate of drug-likeness (QED) is 0.0264. The maximum Gasteiger partial charge on any atom is 0.472 e. The lowest BCUT2D eigenvalue weighted by molar-refractivity contribution is -0.161. The number of esters is 2. The van der Waals surface area contributed by atoms with Crippen molar-refractivity contribution in [1.29, 1.82) is 0 Å². The second-order valence-electron chi connectivity index (χ2n) is 22.0. The van der Waals surface area contributed by atoms with Crippen LogP contribution in [0.25, 0.3) is 0 Å². The molecule has 0 fully saturated rings. The summed E-state index contributed by atoms with van der Waals surface area (Å²) in [5.74, 6) is -0.811. The van der Waals surface area contributed by atoms with Crippen molar-refractivity contribution in [3.63, 3.8) is 0 Å². The largest absolute Gasteiger partial charge is 0.472 e. The van der Waals surface area contributed by atoms with Gasteiger partial charge in [0.15, 0.2) is 6.10 Å². The van der Waals surface area contributed by atoms with Crippen LogP contribution >= 0.6 is 7.82 Å². The van der Waals surface area contributed by atoms with E-state index in [4.69, 9.17) is 24.3 Å². The van der Waals surface area contributed by atoms with Gasteiger partial charge in [-0.3, -0.25) is 18.6 Å². The van der Waals surface area contributed by atoms with Crippen molar-refractivity contribution < 1.29 is 37.6 Å². The van der Waals surface area contributed by atoms with Gasteiger partial charge in [-0.2, -0.15) is 0 Å². The average Bonchev–Trinajstić information content (AvgIpc) is 3.40. The molecule has 0 aliphatic rings. The molecule has 9 nitrogen and oxygen atoms in total. The van der Waals surface area contributed by atoms with Crippen molar-refractivity contribution in [3.8, 4) is 0 Å². The molecular weight excluding hydrogens is 954 g/mol. The number of allylic oxidation sites excluding steroid dienone is 6. The van der Waals surface area contributed by atoms with Gasteiger partial charge in [0.2, 0.25) is 0 Å². The van der Waals surface area contributed by atoms with E-state index >= 15 is 0 Å². The van der Waals surface area contributed by atoms with E-state index in [1.807, 2.05) is 0 Å². The van der Waals surface area contributed by atoms with Gasteiger partial charge in [0, 0.05) is 19.4 Å². The topological polar surface area (TPSA) is 134 Å². The van der Waals surface area contributed by atoms with Gasteiger partial charge in [0.1, 0.15) is 6.61 Å². The van der Waals surface area contributed by atoms with Crippen LogP contribution in [-0.4, -0.2) is 49.3 Å². The minimum atomic E-state index is -4.39. The number of nitrogens with two attached hydrogens (primary N) is 1. The van der Waals surface area contributed by atoms with Gasteiger partial charge >= 0.3 is 19.8 Å². The Hall–Kier alpha value is -1.77. The van der Waals surface area contributed by atoms with Crippen molar-refractivity contribution >= 4 is 19.8 Å². The minimum absolute atomic E-state index is 0.0547. The SMILES string of the molecule is CCCCCCC/C=C\C/C=C\C/C=C\CCCCCCCCCCCCCCC(=O)OC(COC(=O)CCCCCCCCCCCCCCCCCCCCCCCCCCCCC)COP(=O)(O)OCCN. The molecule has 0 radical (unpaired) electrons. The molecule has 0 aromatic carbocycles. The van der Waals surface area contributed by atoms with Crippen LogP contribution in [0.3, 0.4) is 0 Å². The molecule has 3 N–H and O–H groups in total. The molecule has 0 spiro atoms. The maximum atomic E-state index is 12.7. The van der Waals surface area contributed by atoms with Gasteiger partial charge in [0.05, 0.1) is 13.2 Å². The number of ether oxygens (including phenoxy) is 2. The molecule has 0 bridgehead atoms. The van der Waals surface area contributed by atoms with Gasteiger partial charge in [-0.1, -0.05) is 307 Å². The van der Waals surface area contributed by atoms with Crippen molar-refractivity contribution in [1.82, 2.24) is 0 Å². The lowest BCUT2D eigenvalue weighted by Gasteiger charge is -2.19. The highest BCUT2D eigenvalue weighted by Crippen LogP contribution is 2.43. The minimum Gasteiger partial charge on any atom is -0.462 e. The normalized spacial score (nSPS) is 13.2. The Kier molecular flexibility index (Phi) is 60.0. The van der Waals surface area contributed by atoms with E-state index in [2.05, 4.69) is 50.3 Å². The summed E-state index contributed by atoms with van der Waals surface area (Å²) >= 11 is 0. The van der Waals surface area contributed by atoms with E-state index in [1.54, 1.807) is 0 Å². The highest BCUT2D eigenvalue weighted by Gasteiger charge is 2.26. The van der Waals surface area contributed by atoms with Gasteiger partial charge in [0.25, 0.3) is 0 Å². The first-order valence-electron chi connectivity index (χ1n) is 32.5. The van der Waals surface area contributed by atoms with Crippen molar-refractivity contribution in [2.45, 2.75) is 341 Å². The molecule has 0 amide bonds. The summed E-state index contributed by atoms with van der Waals surface area (Å²) in [7, 11) is -4.39. The standard InChI is InChI=1S/C65H124NO8P/c1-3-5-7-9-11-13-15-17-19-21-23-25-27-29-31-33-35-37-39-41-43-45-47-49-51-53-55-57-64(67)71-61-63(62-73-75(69,70)72-60-59-66)74-65(68)58-56-54-52-50-48-46-44-42-40-38-36-34-32-30-28-26-24-22-20-18-16-14-12-10-8-6-4-2/h16,18,22,24,28,30,63H,3-15,17,19-21,23,25-27,29,31-62,66H2,1-2H3,(H,69,70)/b18-16-,24-22-,30-28-. The Bertz CT molecular complexity index is 1320. The molecule has 0 aliphatic heterocycles. The molecule has 10 heteroatoms. The molecule has 0 aliphatic carbocycles. The molecule has 0 rings (SSSR count). The van der Waals surface area contributed by atoms with Gasteiger partial charge in [-0.25, -0.2) is 4.57 Å². The predicted molar refractivity (Wildman–Crippen MR) is 321 cm³/mol. The summed E-state index contributed by atoms with van der Waals surface area (Å²) in [5, 5.41) is 0. The molecule has 0 heterocycles. The summed E-state index contributed by atoms with van der Waals surface area (Å²) in [6.07, 6.45) is 75.1. The van der Waals surface area contributed by atoms with Crippen LogP contribution in [0.2, 0.25) is 0 Å². The molecule has 0 aromatic rings. The van der Waals surface area contributed by atoms with E-state index < -0.39 is 26.5 Å². The summed E-state index contributed by atoms with van der Waals surface area (Å²) in [6.45, 7) is 3.79. The zero-order valence-corrected chi connectivity index (χ0v) is 50.4. The van der Waals surface area contributed by atoms with Gasteiger partial charge in [-0.05, 0) is 51.4 Å². The number of hydrogen-bond acceptors (Lipinski definition) is 8. The van der Waals surface area contributed by atoms with E-state index in [0.29, 0.717) is 6.42 Å². The summed E-state index contributed by atoms with van der Waals surface area (Å²) in [6, 6.07) is 0. The zero-order valence-electron chi connectivity index (χ0n) is 49.6. The zero-order chi connectivity index (χ0) is 54.5. The van der Waals surface area contributed by atoms with Crippen LogP contribution in [0, 0.1) is 0 Å². The molecule has 442 valence electrons. The van der Waals surface area contributed by atoms with Crippen LogP contribution in [0.4, 0.5) is 0 Å². The van der Waals surface area contributed by atoms with Gasteiger partial charge in [-0.15, -0.1) is 0 Å². The lowest BCUT2D eigenvalue weighted by Crippen LogP contribution is -2.29. The Morgan fingerprint density at radius 3 is 1.03 bits per heavy atom. The van der Waals surface area contributed by atoms with Crippen LogP contribution in [0.1, 0.15) is 335 Å². The number of phosphoric acid groups is 1. The van der Waals surface area contributed by atoms with Crippen LogP contribution in [-0.2, 0) is 32.7 Å². The van der Waals surface area contributed by atoms with Crippen LogP contribution < -0.4 is 5.73 Å². The van der Waals surface area contributed by atoms with Crippen LogP contribution in [0.15, 0.2) is 36.5 Å². The monoisotopic (exact) mass is 1080 g/mol. The molecule has 0 saturated carbocycles. The van der Waals surface area contributed by atoms with E-state index in [0.717, 1.165) is 51.4 Å². The van der Waals surface area contributed by atoms with Crippen LogP contribution in [0.5, 0.6) is 0 Å². The maximum absolute atomic E-state index is 12.7. The fourth-order valence-corrected chi connectivity index (χ4v) is 10.5. The molecule has 0 aromatic heterocycles. The second-order valence-corrected chi connectivity index (χ2v) is 23.4. The molecule has 0 saturated heterocycles. The number of rotatable bonds is 62. The third kappa shape index (κ3) is 61.3. The van der Waals surface area contributed by atoms with E-state index in [1.165, 1.54) is 250 Å². The third-order valence-corrected chi connectivity index (χ3v) is 15.5. The first-order chi connectivity index (χ1) is 36.8. The second kappa shape index (κ2) is 61.4. The fourth-order valence-electron chi connectivity index (χ4n) is 9.71. The number of unbranched alkanes of at least 4 members (excludes halogenated alkanes) is 43. The average molecular weight is 1080 g/mol. The Balaban J connectivity index is 3.89. The van der Waals surface area contributed by atoms with Crippen molar-refractivity contribution in [2.75, 3.05) is 26.4 Å². The number of carbonyl (C=O) groups is 2. The summed E-state index contributed by atoms with van der Waals surface area (Å²) in [4.78, 5) is 35.3. The summed E-state index contributed by atoms with van der Waals surface area (Å²) < 4.78 is 33.1. The van der Waals surface area contributed by atoms with Crippen molar-refractivity contribution in [3.05, 3.63) is 36.5 Å². The fraction of sp³-hybridized carbons (Fsp3) is 0.877. The smallest absolute Gasteiger partial charge is 0.462 e.